The third kappa shape index (κ3) is 2.00. The molecule has 0 aromatic heterocycles. The lowest BCUT2D eigenvalue weighted by Crippen LogP contribution is -2.35. The predicted molar refractivity (Wildman–Crippen MR) is 61.0 cm³/mol. The summed E-state index contributed by atoms with van der Waals surface area (Å²) in [6.45, 7) is 3.18. The average Bonchev–Trinajstić information content (AvgIpc) is 2.16. The molecule has 4 heteroatoms. The first-order valence-electron chi connectivity index (χ1n) is 4.83. The molecule has 80 valence electrons. The summed E-state index contributed by atoms with van der Waals surface area (Å²) in [5, 5.41) is 8.92. The van der Waals surface area contributed by atoms with E-state index >= 15 is 0 Å². The topological polar surface area (TPSA) is 40.5 Å². The highest BCUT2D eigenvalue weighted by Gasteiger charge is 2.21. The third-order valence-electron chi connectivity index (χ3n) is 2.79. The van der Waals surface area contributed by atoms with Gasteiger partial charge >= 0.3 is 6.09 Å². The van der Waals surface area contributed by atoms with Crippen LogP contribution in [0.25, 0.3) is 0 Å². The lowest BCUT2D eigenvalue weighted by atomic mass is 9.95. The molecule has 1 amide bonds. The molecule has 1 aliphatic rings. The normalized spacial score (nSPS) is 14.9. The molecular formula is C11H12BrNO2. The molecule has 0 unspecified atom stereocenters. The number of benzene rings is 1. The Morgan fingerprint density at radius 1 is 1.53 bits per heavy atom. The zero-order valence-electron chi connectivity index (χ0n) is 8.46. The SMILES string of the molecule is Cc1cc(Br)cc2c1CCN(C(=O)O)C2. The second kappa shape index (κ2) is 3.85. The second-order valence-corrected chi connectivity index (χ2v) is 4.73. The van der Waals surface area contributed by atoms with Crippen molar-refractivity contribution in [3.8, 4) is 0 Å². The van der Waals surface area contributed by atoms with Crippen molar-refractivity contribution in [2.24, 2.45) is 0 Å². The van der Waals surface area contributed by atoms with Gasteiger partial charge in [-0.2, -0.15) is 0 Å². The number of rotatable bonds is 0. The van der Waals surface area contributed by atoms with Crippen molar-refractivity contribution in [2.45, 2.75) is 19.9 Å². The Morgan fingerprint density at radius 3 is 2.93 bits per heavy atom. The lowest BCUT2D eigenvalue weighted by molar-refractivity contribution is 0.140. The van der Waals surface area contributed by atoms with Crippen LogP contribution in [0.15, 0.2) is 16.6 Å². The number of aryl methyl sites for hydroxylation is 1. The molecule has 0 aliphatic carbocycles. The number of hydrogen-bond donors (Lipinski definition) is 1. The average molecular weight is 270 g/mol. The first-order valence-corrected chi connectivity index (χ1v) is 5.63. The van der Waals surface area contributed by atoms with Crippen LogP contribution in [0.3, 0.4) is 0 Å². The van der Waals surface area contributed by atoms with Gasteiger partial charge in [-0.05, 0) is 42.2 Å². The van der Waals surface area contributed by atoms with E-state index in [1.54, 1.807) is 0 Å². The van der Waals surface area contributed by atoms with Crippen LogP contribution in [-0.2, 0) is 13.0 Å². The maximum Gasteiger partial charge on any atom is 0.407 e. The van der Waals surface area contributed by atoms with Crippen molar-refractivity contribution >= 4 is 22.0 Å². The Bertz CT molecular complexity index is 417. The second-order valence-electron chi connectivity index (χ2n) is 3.81. The van der Waals surface area contributed by atoms with Crippen LogP contribution in [0, 0.1) is 6.92 Å². The van der Waals surface area contributed by atoms with Gasteiger partial charge in [-0.25, -0.2) is 4.79 Å². The van der Waals surface area contributed by atoms with Crippen LogP contribution < -0.4 is 0 Å². The molecule has 0 bridgehead atoms. The minimum atomic E-state index is -0.835. The van der Waals surface area contributed by atoms with E-state index in [0.29, 0.717) is 13.1 Å². The van der Waals surface area contributed by atoms with E-state index < -0.39 is 6.09 Å². The largest absolute Gasteiger partial charge is 0.465 e. The van der Waals surface area contributed by atoms with Crippen molar-refractivity contribution in [3.63, 3.8) is 0 Å². The van der Waals surface area contributed by atoms with Crippen molar-refractivity contribution in [1.82, 2.24) is 4.90 Å². The Labute approximate surface area is 96.8 Å². The third-order valence-corrected chi connectivity index (χ3v) is 3.25. The number of carboxylic acid groups (broad SMARTS) is 1. The minimum absolute atomic E-state index is 0.505. The summed E-state index contributed by atoms with van der Waals surface area (Å²) < 4.78 is 1.02. The molecule has 0 saturated heterocycles. The smallest absolute Gasteiger partial charge is 0.407 e. The lowest BCUT2D eigenvalue weighted by Gasteiger charge is -2.27. The first-order chi connectivity index (χ1) is 7.08. The number of carbonyl (C=O) groups is 1. The van der Waals surface area contributed by atoms with Crippen LogP contribution in [0.4, 0.5) is 4.79 Å². The van der Waals surface area contributed by atoms with E-state index in [2.05, 4.69) is 28.9 Å². The molecule has 0 spiro atoms. The van der Waals surface area contributed by atoms with Crippen molar-refractivity contribution in [1.29, 1.82) is 0 Å². The molecule has 0 radical (unpaired) electrons. The minimum Gasteiger partial charge on any atom is -0.465 e. The fourth-order valence-electron chi connectivity index (χ4n) is 2.04. The Morgan fingerprint density at radius 2 is 2.27 bits per heavy atom. The summed E-state index contributed by atoms with van der Waals surface area (Å²) in [6.07, 6.45) is -0.0147. The van der Waals surface area contributed by atoms with E-state index in [9.17, 15) is 4.79 Å². The fourth-order valence-corrected chi connectivity index (χ4v) is 2.66. The van der Waals surface area contributed by atoms with Gasteiger partial charge in [-0.15, -0.1) is 0 Å². The number of hydrogen-bond acceptors (Lipinski definition) is 1. The van der Waals surface area contributed by atoms with Crippen molar-refractivity contribution in [3.05, 3.63) is 33.3 Å². The predicted octanol–water partition coefficient (Wildman–Crippen LogP) is 2.79. The van der Waals surface area contributed by atoms with Crippen LogP contribution >= 0.6 is 15.9 Å². The highest BCUT2D eigenvalue weighted by Crippen LogP contribution is 2.26. The molecule has 15 heavy (non-hydrogen) atoms. The quantitative estimate of drug-likeness (QED) is 0.787. The highest BCUT2D eigenvalue weighted by atomic mass is 79.9. The zero-order valence-corrected chi connectivity index (χ0v) is 10.0. The standard InChI is InChI=1S/C11H12BrNO2/c1-7-4-9(12)5-8-6-13(11(14)15)3-2-10(7)8/h4-5H,2-3,6H2,1H3,(H,14,15). The maximum absolute atomic E-state index is 10.8. The molecule has 1 aliphatic heterocycles. The molecule has 0 saturated carbocycles. The summed E-state index contributed by atoms with van der Waals surface area (Å²) in [5.74, 6) is 0. The van der Waals surface area contributed by atoms with E-state index in [4.69, 9.17) is 5.11 Å². The molecule has 1 aromatic rings. The van der Waals surface area contributed by atoms with E-state index in [1.807, 2.05) is 6.07 Å². The van der Waals surface area contributed by atoms with E-state index in [0.717, 1.165) is 16.5 Å². The zero-order chi connectivity index (χ0) is 11.0. The van der Waals surface area contributed by atoms with Gasteiger partial charge in [0, 0.05) is 17.6 Å². The molecule has 1 N–H and O–H groups in total. The van der Waals surface area contributed by atoms with E-state index in [1.165, 1.54) is 16.0 Å². The molecule has 1 heterocycles. The van der Waals surface area contributed by atoms with Crippen molar-refractivity contribution in [2.75, 3.05) is 6.54 Å². The molecule has 2 rings (SSSR count). The van der Waals surface area contributed by atoms with Gasteiger partial charge in [0.25, 0.3) is 0 Å². The summed E-state index contributed by atoms with van der Waals surface area (Å²) in [4.78, 5) is 12.3. The fraction of sp³-hybridized carbons (Fsp3) is 0.364. The van der Waals surface area contributed by atoms with Gasteiger partial charge in [0.05, 0.1) is 0 Å². The van der Waals surface area contributed by atoms with Gasteiger partial charge in [0.1, 0.15) is 0 Å². The Balaban J connectivity index is 2.37. The molecule has 0 fully saturated rings. The number of fused-ring (bicyclic) bond motifs is 1. The van der Waals surface area contributed by atoms with Crippen LogP contribution in [0.5, 0.6) is 0 Å². The molecule has 3 nitrogen and oxygen atoms in total. The van der Waals surface area contributed by atoms with Gasteiger partial charge < -0.3 is 10.0 Å². The molecule has 0 atom stereocenters. The number of amides is 1. The summed E-state index contributed by atoms with van der Waals surface area (Å²) in [6, 6.07) is 4.09. The highest BCUT2D eigenvalue weighted by molar-refractivity contribution is 9.10. The van der Waals surface area contributed by atoms with Gasteiger partial charge in [-0.3, -0.25) is 0 Å². The number of halogens is 1. The van der Waals surface area contributed by atoms with Crippen LogP contribution in [0.2, 0.25) is 0 Å². The Kier molecular flexibility index (Phi) is 2.69. The first kappa shape index (κ1) is 10.5. The summed E-state index contributed by atoms with van der Waals surface area (Å²) in [7, 11) is 0. The molecular weight excluding hydrogens is 258 g/mol. The Hall–Kier alpha value is -1.03. The van der Waals surface area contributed by atoms with Crippen LogP contribution in [0.1, 0.15) is 16.7 Å². The maximum atomic E-state index is 10.8. The molecule has 1 aromatic carbocycles. The monoisotopic (exact) mass is 269 g/mol. The van der Waals surface area contributed by atoms with Crippen molar-refractivity contribution < 1.29 is 9.90 Å². The van der Waals surface area contributed by atoms with Gasteiger partial charge in [0.15, 0.2) is 0 Å². The summed E-state index contributed by atoms with van der Waals surface area (Å²) in [5.41, 5.74) is 3.66. The van der Waals surface area contributed by atoms with Crippen LogP contribution in [-0.4, -0.2) is 22.6 Å². The van der Waals surface area contributed by atoms with E-state index in [-0.39, 0.29) is 0 Å². The van der Waals surface area contributed by atoms with Gasteiger partial charge in [0.2, 0.25) is 0 Å². The van der Waals surface area contributed by atoms with Gasteiger partial charge in [-0.1, -0.05) is 15.9 Å². The summed E-state index contributed by atoms with van der Waals surface area (Å²) >= 11 is 3.43. The number of nitrogens with zero attached hydrogens (tertiary/aromatic N) is 1.